The molecule has 0 aliphatic heterocycles. The molecule has 1 aromatic carbocycles. The van der Waals surface area contributed by atoms with Crippen molar-refractivity contribution in [2.24, 2.45) is 5.73 Å². The molecule has 0 bridgehead atoms. The molecule has 0 saturated heterocycles. The molecular formula is C10H12ClF3N2O2S2. The minimum Gasteiger partial charge on any atom is -0.326 e. The Morgan fingerprint density at radius 2 is 2.00 bits per heavy atom. The van der Waals surface area contributed by atoms with Gasteiger partial charge in [0.15, 0.2) is 0 Å². The van der Waals surface area contributed by atoms with E-state index in [0.29, 0.717) is 10.6 Å². The van der Waals surface area contributed by atoms with Gasteiger partial charge < -0.3 is 5.73 Å². The van der Waals surface area contributed by atoms with Gasteiger partial charge in [0.25, 0.3) is 0 Å². The van der Waals surface area contributed by atoms with Crippen LogP contribution in [0.1, 0.15) is 5.56 Å². The van der Waals surface area contributed by atoms with Crippen molar-refractivity contribution in [2.75, 3.05) is 12.3 Å². The maximum absolute atomic E-state index is 11.9. The second-order valence-electron chi connectivity index (χ2n) is 3.65. The van der Waals surface area contributed by atoms with Crippen LogP contribution in [0.2, 0.25) is 5.02 Å². The van der Waals surface area contributed by atoms with Gasteiger partial charge in [-0.25, -0.2) is 13.1 Å². The van der Waals surface area contributed by atoms with Crippen molar-refractivity contribution in [3.05, 3.63) is 28.8 Å². The Hall–Kier alpha value is -0.480. The molecule has 0 aromatic heterocycles. The lowest BCUT2D eigenvalue weighted by molar-refractivity contribution is -0.0327. The number of benzene rings is 1. The van der Waals surface area contributed by atoms with Gasteiger partial charge in [-0.3, -0.25) is 0 Å². The second kappa shape index (κ2) is 6.99. The lowest BCUT2D eigenvalue weighted by Gasteiger charge is -2.09. The average Bonchev–Trinajstić information content (AvgIpc) is 2.34. The first-order valence-electron chi connectivity index (χ1n) is 5.34. The number of alkyl halides is 3. The zero-order valence-corrected chi connectivity index (χ0v) is 12.5. The van der Waals surface area contributed by atoms with Crippen LogP contribution in [0.4, 0.5) is 13.2 Å². The number of halogens is 4. The fourth-order valence-electron chi connectivity index (χ4n) is 1.30. The van der Waals surface area contributed by atoms with Crippen LogP contribution < -0.4 is 10.5 Å². The summed E-state index contributed by atoms with van der Waals surface area (Å²) in [5.41, 5.74) is 1.47. The molecule has 0 aliphatic carbocycles. The molecular weight excluding hydrogens is 337 g/mol. The van der Waals surface area contributed by atoms with Crippen LogP contribution in [0.5, 0.6) is 0 Å². The molecule has 4 nitrogen and oxygen atoms in total. The zero-order chi connectivity index (χ0) is 15.4. The molecule has 0 amide bonds. The van der Waals surface area contributed by atoms with Crippen molar-refractivity contribution in [3.8, 4) is 0 Å². The minimum atomic E-state index is -4.38. The number of nitrogens with two attached hydrogens (primary N) is 1. The summed E-state index contributed by atoms with van der Waals surface area (Å²) in [6.07, 6.45) is 0. The number of thioether (sulfide) groups is 1. The van der Waals surface area contributed by atoms with E-state index in [2.05, 4.69) is 4.72 Å². The van der Waals surface area contributed by atoms with Crippen molar-refractivity contribution in [2.45, 2.75) is 16.9 Å². The molecule has 1 aromatic rings. The summed E-state index contributed by atoms with van der Waals surface area (Å²) in [6, 6.07) is 3.94. The lowest BCUT2D eigenvalue weighted by Crippen LogP contribution is -2.27. The highest BCUT2D eigenvalue weighted by Crippen LogP contribution is 2.29. The summed E-state index contributed by atoms with van der Waals surface area (Å²) < 4.78 is 61.5. The van der Waals surface area contributed by atoms with Crippen molar-refractivity contribution in [1.29, 1.82) is 0 Å². The Labute approximate surface area is 123 Å². The SMILES string of the molecule is NCc1cc(S(=O)(=O)NCCSC(F)(F)F)ccc1Cl. The van der Waals surface area contributed by atoms with Gasteiger partial charge in [-0.05, 0) is 35.5 Å². The first-order valence-corrected chi connectivity index (χ1v) is 8.19. The minimum absolute atomic E-state index is 0.0616. The van der Waals surface area contributed by atoms with Crippen LogP contribution in [0.15, 0.2) is 23.1 Å². The number of hydrogen-bond donors (Lipinski definition) is 2. The second-order valence-corrected chi connectivity index (χ2v) is 6.98. The van der Waals surface area contributed by atoms with Crippen molar-refractivity contribution in [1.82, 2.24) is 4.72 Å². The number of rotatable bonds is 6. The summed E-state index contributed by atoms with van der Waals surface area (Å²) in [4.78, 5) is -0.0839. The van der Waals surface area contributed by atoms with Gasteiger partial charge in [0.1, 0.15) is 0 Å². The highest BCUT2D eigenvalue weighted by atomic mass is 35.5. The van der Waals surface area contributed by atoms with Gasteiger partial charge in [-0.1, -0.05) is 11.6 Å². The van der Waals surface area contributed by atoms with Crippen LogP contribution in [0.25, 0.3) is 0 Å². The van der Waals surface area contributed by atoms with E-state index in [9.17, 15) is 21.6 Å². The van der Waals surface area contributed by atoms with E-state index in [1.165, 1.54) is 18.2 Å². The maximum Gasteiger partial charge on any atom is 0.441 e. The average molecular weight is 349 g/mol. The quantitative estimate of drug-likeness (QED) is 0.774. The third-order valence-electron chi connectivity index (χ3n) is 2.21. The Bertz CT molecular complexity index is 564. The molecule has 10 heteroatoms. The molecule has 114 valence electrons. The summed E-state index contributed by atoms with van der Waals surface area (Å²) in [5, 5.41) is 0.332. The Morgan fingerprint density at radius 1 is 1.35 bits per heavy atom. The highest BCUT2D eigenvalue weighted by molar-refractivity contribution is 8.00. The molecule has 0 radical (unpaired) electrons. The van der Waals surface area contributed by atoms with Gasteiger partial charge in [0, 0.05) is 23.9 Å². The van der Waals surface area contributed by atoms with Gasteiger partial charge in [0.2, 0.25) is 10.0 Å². The summed E-state index contributed by atoms with van der Waals surface area (Å²) in [5.74, 6) is -0.403. The first kappa shape index (κ1) is 17.6. The van der Waals surface area contributed by atoms with Crippen LogP contribution in [-0.2, 0) is 16.6 Å². The monoisotopic (exact) mass is 348 g/mol. The predicted octanol–water partition coefficient (Wildman–Crippen LogP) is 2.33. The molecule has 0 fully saturated rings. The van der Waals surface area contributed by atoms with E-state index in [4.69, 9.17) is 17.3 Å². The summed E-state index contributed by atoms with van der Waals surface area (Å²) in [6.45, 7) is -0.265. The van der Waals surface area contributed by atoms with E-state index in [0.717, 1.165) is 0 Å². The van der Waals surface area contributed by atoms with E-state index in [1.54, 1.807) is 0 Å². The van der Waals surface area contributed by atoms with Crippen LogP contribution in [0, 0.1) is 0 Å². The molecule has 0 spiro atoms. The highest BCUT2D eigenvalue weighted by Gasteiger charge is 2.27. The van der Waals surface area contributed by atoms with Gasteiger partial charge >= 0.3 is 5.51 Å². The van der Waals surface area contributed by atoms with Crippen molar-refractivity contribution in [3.63, 3.8) is 0 Å². The third kappa shape index (κ3) is 5.49. The fourth-order valence-corrected chi connectivity index (χ4v) is 3.14. The lowest BCUT2D eigenvalue weighted by atomic mass is 10.2. The Morgan fingerprint density at radius 3 is 2.55 bits per heavy atom. The summed E-state index contributed by atoms with van der Waals surface area (Å²) >= 11 is 5.51. The molecule has 0 heterocycles. The first-order chi connectivity index (χ1) is 9.15. The van der Waals surface area contributed by atoms with E-state index < -0.39 is 21.3 Å². The van der Waals surface area contributed by atoms with E-state index >= 15 is 0 Å². The topological polar surface area (TPSA) is 72.2 Å². The van der Waals surface area contributed by atoms with E-state index in [-0.39, 0.29) is 29.7 Å². The Kier molecular flexibility index (Phi) is 6.14. The van der Waals surface area contributed by atoms with Crippen LogP contribution in [-0.4, -0.2) is 26.2 Å². The fraction of sp³-hybridized carbons (Fsp3) is 0.400. The molecule has 0 atom stereocenters. The molecule has 0 saturated carbocycles. The third-order valence-corrected chi connectivity index (χ3v) is 4.77. The van der Waals surface area contributed by atoms with Gasteiger partial charge in [0.05, 0.1) is 4.90 Å². The van der Waals surface area contributed by atoms with Crippen LogP contribution >= 0.6 is 23.4 Å². The van der Waals surface area contributed by atoms with Gasteiger partial charge in [-0.2, -0.15) is 13.2 Å². The Balaban J connectivity index is 2.69. The number of hydrogen-bond acceptors (Lipinski definition) is 4. The van der Waals surface area contributed by atoms with Crippen molar-refractivity contribution < 1.29 is 21.6 Å². The molecule has 20 heavy (non-hydrogen) atoms. The van der Waals surface area contributed by atoms with Crippen molar-refractivity contribution >= 4 is 33.4 Å². The van der Waals surface area contributed by atoms with Gasteiger partial charge in [-0.15, -0.1) is 0 Å². The normalized spacial score (nSPS) is 12.7. The number of nitrogens with one attached hydrogen (secondary N) is 1. The largest absolute Gasteiger partial charge is 0.441 e. The smallest absolute Gasteiger partial charge is 0.326 e. The molecule has 3 N–H and O–H groups in total. The summed E-state index contributed by atoms with van der Waals surface area (Å²) in [7, 11) is -3.87. The molecule has 1 rings (SSSR count). The maximum atomic E-state index is 11.9. The number of sulfonamides is 1. The zero-order valence-electron chi connectivity index (χ0n) is 10.1. The standard InChI is InChI=1S/C10H12ClF3N2O2S2/c11-9-2-1-8(5-7(9)6-15)20(17,18)16-3-4-19-10(12,13)14/h1-2,5,16H,3-4,6,15H2. The predicted molar refractivity (Wildman–Crippen MR) is 73.0 cm³/mol. The molecule has 0 aliphatic rings. The van der Waals surface area contributed by atoms with E-state index in [1.807, 2.05) is 0 Å². The van der Waals surface area contributed by atoms with Crippen LogP contribution in [0.3, 0.4) is 0 Å². The molecule has 0 unspecified atom stereocenters.